The fourth-order valence-corrected chi connectivity index (χ4v) is 10.3. The minimum atomic E-state index is -1.53. The van der Waals surface area contributed by atoms with Crippen molar-refractivity contribution in [3.63, 3.8) is 0 Å². The largest absolute Gasteiger partial charge is 0.480 e. The number of nitrogens with zero attached hydrogens (tertiary/aromatic N) is 5. The van der Waals surface area contributed by atoms with Crippen molar-refractivity contribution in [1.82, 2.24) is 41.3 Å². The molecule has 3 saturated heterocycles. The van der Waals surface area contributed by atoms with Crippen LogP contribution in [0.5, 0.6) is 0 Å². The van der Waals surface area contributed by atoms with Gasteiger partial charge in [-0.25, -0.2) is 0 Å². The number of carbonyl (C=O) groups is 8. The van der Waals surface area contributed by atoms with Crippen molar-refractivity contribution in [1.29, 1.82) is 0 Å². The Hall–Kier alpha value is -6.94. The van der Waals surface area contributed by atoms with Gasteiger partial charge < -0.3 is 85.3 Å². The van der Waals surface area contributed by atoms with Crippen molar-refractivity contribution in [2.24, 2.45) is 38.7 Å². The number of benzene rings is 1. The molecule has 0 saturated carbocycles. The van der Waals surface area contributed by atoms with Gasteiger partial charge in [0.2, 0.25) is 41.4 Å². The average molecular weight is 1080 g/mol. The van der Waals surface area contributed by atoms with Gasteiger partial charge >= 0.3 is 5.97 Å². The third-order valence-electron chi connectivity index (χ3n) is 13.5. The summed E-state index contributed by atoms with van der Waals surface area (Å²) in [4.78, 5) is 121. The zero-order valence-electron chi connectivity index (χ0n) is 42.8. The highest BCUT2D eigenvalue weighted by molar-refractivity contribution is 7.09. The Morgan fingerprint density at radius 3 is 2.03 bits per heavy atom. The number of aliphatic imine (C=N–C) groups is 2. The molecule has 1 unspecified atom stereocenters. The molecule has 0 spiro atoms. The number of carboxylic acid groups (broad SMARTS) is 1. The summed E-state index contributed by atoms with van der Waals surface area (Å²) < 4.78 is 0. The standard InChI is InChI=1S/C49H75N15O11S/c1-28-12-14-29(15-13-28)21-30(24-57-34(47(74)75)9-3-17-56-49(53)54)59-43(70)37-10-4-18-62(37)45(72)36(27-65)61-41(68)35(23-32-7-6-20-76-32)60-40(67)25-58-42(69)39-22-31(66)26-64(39)46(73)38-11-5-19-63(38)44(71)33(50)8-2-16-55-48(51)52/h6-7,12-15,20,30-31,33-39,57,65-66H,2-5,8-11,16-19,21-27,50H2,1H3,(H,58,69)(H,59,70)(H,60,67)(H,61,68)(H,74,75)(H4,51,52,55)(H4,53,54,56)/t30-,31?,33-,34-,35-,36-,37-,38-,39-/m0/s1. The van der Waals surface area contributed by atoms with Crippen LogP contribution >= 0.6 is 11.3 Å². The molecule has 5 rings (SSSR count). The van der Waals surface area contributed by atoms with Gasteiger partial charge in [-0.15, -0.1) is 11.3 Å². The molecule has 26 nitrogen and oxygen atoms in total. The number of thiophene rings is 1. The Labute approximate surface area is 445 Å². The van der Waals surface area contributed by atoms with Crippen LogP contribution in [0.4, 0.5) is 0 Å². The number of β-amino-alcohol motifs (C(OH)–C–C–N with tert-alkyl or cyclic N) is 1. The molecule has 3 aliphatic rings. The number of aliphatic hydroxyl groups excluding tert-OH is 2. The van der Waals surface area contributed by atoms with Gasteiger partial charge in [-0.1, -0.05) is 35.9 Å². The van der Waals surface area contributed by atoms with Crippen LogP contribution in [0.25, 0.3) is 0 Å². The van der Waals surface area contributed by atoms with Gasteiger partial charge in [-0.3, -0.25) is 48.3 Å². The normalized spacial score (nSPS) is 20.1. The number of nitrogens with one attached hydrogen (secondary N) is 5. The number of nitrogens with two attached hydrogens (primary N) is 5. The first-order chi connectivity index (χ1) is 36.3. The molecule has 4 heterocycles. The number of aliphatic hydroxyl groups is 2. The number of guanidine groups is 2. The van der Waals surface area contributed by atoms with Crippen LogP contribution in [-0.4, -0.2) is 196 Å². The Kier molecular flexibility index (Phi) is 23.2. The lowest BCUT2D eigenvalue weighted by Crippen LogP contribution is -2.59. The van der Waals surface area contributed by atoms with Crippen LogP contribution < -0.4 is 55.3 Å². The number of likely N-dealkylation sites (tertiary alicyclic amines) is 3. The maximum absolute atomic E-state index is 14.1. The smallest absolute Gasteiger partial charge is 0.320 e. The van der Waals surface area contributed by atoms with E-state index in [0.29, 0.717) is 43.4 Å². The summed E-state index contributed by atoms with van der Waals surface area (Å²) in [5.74, 6) is -5.92. The highest BCUT2D eigenvalue weighted by atomic mass is 32.1. The third-order valence-corrected chi connectivity index (χ3v) is 14.4. The zero-order chi connectivity index (χ0) is 55.5. The predicted octanol–water partition coefficient (Wildman–Crippen LogP) is -4.17. The number of carboxylic acids is 1. The maximum Gasteiger partial charge on any atom is 0.320 e. The van der Waals surface area contributed by atoms with Gasteiger partial charge in [0.25, 0.3) is 0 Å². The van der Waals surface area contributed by atoms with Gasteiger partial charge in [0.05, 0.1) is 25.3 Å². The predicted molar refractivity (Wildman–Crippen MR) is 282 cm³/mol. The van der Waals surface area contributed by atoms with E-state index in [1.807, 2.05) is 31.2 Å². The number of rotatable bonds is 28. The Bertz CT molecular complexity index is 2370. The van der Waals surface area contributed by atoms with Crippen molar-refractivity contribution in [3.8, 4) is 0 Å². The van der Waals surface area contributed by atoms with Crippen LogP contribution in [-0.2, 0) is 51.2 Å². The van der Waals surface area contributed by atoms with E-state index >= 15 is 0 Å². The van der Waals surface area contributed by atoms with Crippen LogP contribution in [0.3, 0.4) is 0 Å². The first kappa shape index (κ1) is 59.9. The van der Waals surface area contributed by atoms with Crippen LogP contribution in [0.1, 0.15) is 73.8 Å². The van der Waals surface area contributed by atoms with Crippen LogP contribution in [0, 0.1) is 6.92 Å². The van der Waals surface area contributed by atoms with Gasteiger partial charge in [0.15, 0.2) is 11.9 Å². The molecule has 0 radical (unpaired) electrons. The second-order valence-electron chi connectivity index (χ2n) is 19.3. The summed E-state index contributed by atoms with van der Waals surface area (Å²) in [5, 5.41) is 46.5. The molecule has 76 heavy (non-hydrogen) atoms. The Morgan fingerprint density at radius 2 is 1.41 bits per heavy atom. The number of aryl methyl sites for hydroxylation is 1. The lowest BCUT2D eigenvalue weighted by atomic mass is 10.0. The molecule has 1 aromatic carbocycles. The fourth-order valence-electron chi connectivity index (χ4n) is 9.55. The zero-order valence-corrected chi connectivity index (χ0v) is 43.6. The van der Waals surface area contributed by atoms with Gasteiger partial charge in [-0.05, 0) is 81.7 Å². The molecule has 3 fully saturated rings. The van der Waals surface area contributed by atoms with Gasteiger partial charge in [0, 0.05) is 63.0 Å². The summed E-state index contributed by atoms with van der Waals surface area (Å²) in [6.45, 7) is 1.21. The summed E-state index contributed by atoms with van der Waals surface area (Å²) >= 11 is 1.30. The second-order valence-corrected chi connectivity index (χ2v) is 20.4. The molecular weight excluding hydrogens is 1010 g/mol. The van der Waals surface area contributed by atoms with Crippen molar-refractivity contribution in [2.75, 3.05) is 52.4 Å². The first-order valence-corrected chi connectivity index (χ1v) is 26.4. The van der Waals surface area contributed by atoms with E-state index in [1.54, 1.807) is 17.5 Å². The van der Waals surface area contributed by atoms with E-state index in [-0.39, 0.29) is 83.3 Å². The molecule has 7 amide bonds. The lowest BCUT2D eigenvalue weighted by Gasteiger charge is -2.32. The number of hydrogen-bond acceptors (Lipinski definition) is 15. The SMILES string of the molecule is Cc1ccc(C[C@@H](CN[C@@H](CCCN=C(N)N)C(=O)O)NC(=O)[C@@H]2CCCN2C(=O)[C@H](CO)NC(=O)[C@H](Cc2cccs2)NC(=O)CNC(=O)[C@@H]2CC(O)CN2C(=O)[C@@H]2CCCN2C(=O)[C@@H](N)CCCN=C(N)N)cc1. The number of aliphatic carboxylic acids is 1. The third kappa shape index (κ3) is 17.8. The summed E-state index contributed by atoms with van der Waals surface area (Å²) in [7, 11) is 0. The van der Waals surface area contributed by atoms with E-state index in [4.69, 9.17) is 28.7 Å². The topological polar surface area (TPSA) is 422 Å². The molecule has 1 aromatic heterocycles. The molecule has 418 valence electrons. The number of amides is 7. The molecular formula is C49H75N15O11S. The van der Waals surface area contributed by atoms with E-state index < -0.39 is 115 Å². The van der Waals surface area contributed by atoms with E-state index in [1.165, 1.54) is 26.0 Å². The summed E-state index contributed by atoms with van der Waals surface area (Å²) in [6, 6.07) is 2.65. The van der Waals surface area contributed by atoms with Crippen molar-refractivity contribution in [3.05, 3.63) is 57.8 Å². The highest BCUT2D eigenvalue weighted by Gasteiger charge is 2.45. The minimum Gasteiger partial charge on any atom is -0.480 e. The van der Waals surface area contributed by atoms with Gasteiger partial charge in [-0.2, -0.15) is 0 Å². The molecule has 27 heteroatoms. The lowest BCUT2D eigenvalue weighted by molar-refractivity contribution is -0.147. The molecule has 9 atom stereocenters. The highest BCUT2D eigenvalue weighted by Crippen LogP contribution is 2.26. The average Bonchev–Trinajstić information content (AvgIpc) is 4.24. The maximum atomic E-state index is 14.1. The van der Waals surface area contributed by atoms with Crippen LogP contribution in [0.2, 0.25) is 0 Å². The van der Waals surface area contributed by atoms with E-state index in [2.05, 4.69) is 36.6 Å². The van der Waals surface area contributed by atoms with Crippen molar-refractivity contribution >= 4 is 70.6 Å². The monoisotopic (exact) mass is 1080 g/mol. The summed E-state index contributed by atoms with van der Waals surface area (Å²) in [6.07, 6.45) is 1.89. The number of carbonyl (C=O) groups excluding carboxylic acids is 7. The van der Waals surface area contributed by atoms with E-state index in [0.717, 1.165) is 11.1 Å². The first-order valence-electron chi connectivity index (χ1n) is 25.5. The second kappa shape index (κ2) is 29.4. The van der Waals surface area contributed by atoms with Crippen molar-refractivity contribution < 1.29 is 53.7 Å². The quantitative estimate of drug-likeness (QED) is 0.0218. The molecule has 0 aliphatic carbocycles. The molecule has 0 bridgehead atoms. The Balaban J connectivity index is 1.20. The summed E-state index contributed by atoms with van der Waals surface area (Å²) in [5.41, 5.74) is 29.6. The molecule has 18 N–H and O–H groups in total. The molecule has 2 aromatic rings. The Morgan fingerprint density at radius 1 is 0.763 bits per heavy atom. The molecule has 3 aliphatic heterocycles. The van der Waals surface area contributed by atoms with E-state index in [9.17, 15) is 53.7 Å². The fraction of sp³-hybridized carbons (Fsp3) is 0.592. The van der Waals surface area contributed by atoms with Crippen molar-refractivity contribution in [2.45, 2.75) is 132 Å². The van der Waals surface area contributed by atoms with Crippen LogP contribution in [0.15, 0.2) is 51.8 Å². The van der Waals surface area contributed by atoms with Gasteiger partial charge in [0.1, 0.15) is 36.3 Å². The minimum absolute atomic E-state index is 0.0344. The number of hydrogen-bond donors (Lipinski definition) is 13.